The van der Waals surface area contributed by atoms with Gasteiger partial charge in [0.2, 0.25) is 5.91 Å². The molecule has 1 N–H and O–H groups in total. The van der Waals surface area contributed by atoms with Crippen LogP contribution in [0.2, 0.25) is 5.02 Å². The van der Waals surface area contributed by atoms with Crippen LogP contribution in [0, 0.1) is 0 Å². The SMILES string of the molecule is CC(=O)NC(C)c1ccc2cc(Oc3ccc(Oc4cccnc4)cc3Cl)ccc2c1. The van der Waals surface area contributed by atoms with Crippen molar-refractivity contribution in [2.75, 3.05) is 0 Å². The van der Waals surface area contributed by atoms with Crippen LogP contribution in [0.3, 0.4) is 0 Å². The highest BCUT2D eigenvalue weighted by Crippen LogP contribution is 2.35. The number of carbonyl (C=O) groups excluding carboxylic acids is 1. The Morgan fingerprint density at radius 3 is 2.42 bits per heavy atom. The van der Waals surface area contributed by atoms with Crippen molar-refractivity contribution < 1.29 is 14.3 Å². The molecule has 5 nitrogen and oxygen atoms in total. The summed E-state index contributed by atoms with van der Waals surface area (Å²) in [5.74, 6) is 2.40. The first-order valence-electron chi connectivity index (χ1n) is 9.84. The van der Waals surface area contributed by atoms with Gasteiger partial charge in [-0.2, -0.15) is 0 Å². The Kier molecular flexibility index (Phi) is 6.05. The van der Waals surface area contributed by atoms with Gasteiger partial charge in [-0.05, 0) is 65.7 Å². The zero-order valence-electron chi connectivity index (χ0n) is 17.1. The molecule has 0 spiro atoms. The molecule has 1 heterocycles. The molecule has 0 aliphatic carbocycles. The second-order valence-electron chi connectivity index (χ2n) is 7.18. The summed E-state index contributed by atoms with van der Waals surface area (Å²) < 4.78 is 11.7. The van der Waals surface area contributed by atoms with E-state index in [0.717, 1.165) is 16.3 Å². The summed E-state index contributed by atoms with van der Waals surface area (Å²) in [5, 5.41) is 5.44. The number of carbonyl (C=O) groups is 1. The highest BCUT2D eigenvalue weighted by Gasteiger charge is 2.10. The maximum atomic E-state index is 11.3. The Morgan fingerprint density at radius 2 is 1.68 bits per heavy atom. The largest absolute Gasteiger partial charge is 0.456 e. The number of benzene rings is 3. The molecule has 0 saturated heterocycles. The maximum Gasteiger partial charge on any atom is 0.217 e. The van der Waals surface area contributed by atoms with Gasteiger partial charge in [0.1, 0.15) is 23.0 Å². The minimum Gasteiger partial charge on any atom is -0.456 e. The molecule has 3 aromatic carbocycles. The Bertz CT molecular complexity index is 1230. The molecular weight excluding hydrogens is 412 g/mol. The molecule has 0 radical (unpaired) electrons. The molecule has 1 amide bonds. The highest BCUT2D eigenvalue weighted by molar-refractivity contribution is 6.32. The van der Waals surface area contributed by atoms with Crippen molar-refractivity contribution in [3.63, 3.8) is 0 Å². The fraction of sp³-hybridized carbons (Fsp3) is 0.120. The van der Waals surface area contributed by atoms with Crippen molar-refractivity contribution in [2.45, 2.75) is 19.9 Å². The van der Waals surface area contributed by atoms with Gasteiger partial charge in [0.15, 0.2) is 0 Å². The summed E-state index contributed by atoms with van der Waals surface area (Å²) in [6, 6.07) is 20.8. The number of hydrogen-bond donors (Lipinski definition) is 1. The predicted octanol–water partition coefficient (Wildman–Crippen LogP) is 6.67. The first-order valence-corrected chi connectivity index (χ1v) is 10.2. The summed E-state index contributed by atoms with van der Waals surface area (Å²) >= 11 is 6.41. The van der Waals surface area contributed by atoms with Gasteiger partial charge >= 0.3 is 0 Å². The van der Waals surface area contributed by atoms with E-state index in [2.05, 4.69) is 16.4 Å². The van der Waals surface area contributed by atoms with Crippen LogP contribution in [0.5, 0.6) is 23.0 Å². The Hall–Kier alpha value is -3.57. The fourth-order valence-electron chi connectivity index (χ4n) is 3.26. The average Bonchev–Trinajstić information content (AvgIpc) is 2.75. The van der Waals surface area contributed by atoms with E-state index < -0.39 is 0 Å². The van der Waals surface area contributed by atoms with E-state index in [1.165, 1.54) is 6.92 Å². The van der Waals surface area contributed by atoms with E-state index >= 15 is 0 Å². The minimum atomic E-state index is -0.0518. The number of nitrogens with zero attached hydrogens (tertiary/aromatic N) is 1. The monoisotopic (exact) mass is 432 g/mol. The van der Waals surface area contributed by atoms with Crippen LogP contribution in [0.15, 0.2) is 79.1 Å². The molecule has 4 aromatic rings. The first-order chi connectivity index (χ1) is 15.0. The zero-order chi connectivity index (χ0) is 21.8. The Morgan fingerprint density at radius 1 is 0.935 bits per heavy atom. The second kappa shape index (κ2) is 9.06. The summed E-state index contributed by atoms with van der Waals surface area (Å²) in [7, 11) is 0. The Balaban J connectivity index is 1.51. The smallest absolute Gasteiger partial charge is 0.217 e. The van der Waals surface area contributed by atoms with Crippen LogP contribution < -0.4 is 14.8 Å². The van der Waals surface area contributed by atoms with E-state index in [0.29, 0.717) is 28.0 Å². The number of aromatic nitrogens is 1. The molecule has 0 fully saturated rings. The van der Waals surface area contributed by atoms with E-state index in [9.17, 15) is 4.79 Å². The van der Waals surface area contributed by atoms with Gasteiger partial charge in [0.05, 0.1) is 17.3 Å². The molecule has 31 heavy (non-hydrogen) atoms. The lowest BCUT2D eigenvalue weighted by Gasteiger charge is -2.14. The maximum absolute atomic E-state index is 11.3. The normalized spacial score (nSPS) is 11.7. The van der Waals surface area contributed by atoms with E-state index in [4.69, 9.17) is 21.1 Å². The summed E-state index contributed by atoms with van der Waals surface area (Å²) in [6.07, 6.45) is 3.32. The number of amides is 1. The van der Waals surface area contributed by atoms with Crippen molar-refractivity contribution in [2.24, 2.45) is 0 Å². The average molecular weight is 433 g/mol. The Labute approximate surface area is 185 Å². The topological polar surface area (TPSA) is 60.5 Å². The number of nitrogens with one attached hydrogen (secondary N) is 1. The van der Waals surface area contributed by atoms with Gasteiger partial charge in [-0.3, -0.25) is 9.78 Å². The van der Waals surface area contributed by atoms with Crippen LogP contribution in [0.1, 0.15) is 25.5 Å². The van der Waals surface area contributed by atoms with Gasteiger partial charge < -0.3 is 14.8 Å². The number of pyridine rings is 1. The fourth-order valence-corrected chi connectivity index (χ4v) is 3.47. The number of fused-ring (bicyclic) bond motifs is 1. The third-order valence-corrected chi connectivity index (χ3v) is 5.05. The summed E-state index contributed by atoms with van der Waals surface area (Å²) in [5.41, 5.74) is 1.05. The second-order valence-corrected chi connectivity index (χ2v) is 7.58. The van der Waals surface area contributed by atoms with E-state index in [1.54, 1.807) is 36.7 Å². The molecule has 0 bridgehead atoms. The van der Waals surface area contributed by atoms with E-state index in [-0.39, 0.29) is 11.9 Å². The van der Waals surface area contributed by atoms with Gasteiger partial charge in [0, 0.05) is 19.2 Å². The van der Waals surface area contributed by atoms with Crippen molar-refractivity contribution in [3.05, 3.63) is 89.7 Å². The first kappa shape index (κ1) is 20.7. The molecular formula is C25H21ClN2O3. The molecule has 1 aromatic heterocycles. The van der Waals surface area contributed by atoms with Crippen LogP contribution in [-0.2, 0) is 4.79 Å². The third kappa shape index (κ3) is 5.13. The summed E-state index contributed by atoms with van der Waals surface area (Å²) in [4.78, 5) is 15.3. The lowest BCUT2D eigenvalue weighted by atomic mass is 10.0. The van der Waals surface area contributed by atoms with Crippen molar-refractivity contribution in [3.8, 4) is 23.0 Å². The van der Waals surface area contributed by atoms with Crippen LogP contribution >= 0.6 is 11.6 Å². The third-order valence-electron chi connectivity index (χ3n) is 4.76. The van der Waals surface area contributed by atoms with E-state index in [1.807, 2.05) is 43.3 Å². The molecule has 0 saturated carbocycles. The van der Waals surface area contributed by atoms with Crippen molar-refractivity contribution in [1.82, 2.24) is 10.3 Å². The van der Waals surface area contributed by atoms with Gasteiger partial charge in [-0.1, -0.05) is 29.8 Å². The molecule has 6 heteroatoms. The zero-order valence-corrected chi connectivity index (χ0v) is 17.9. The standard InChI is InChI=1S/C25H21ClN2O3/c1-16(28-17(2)29)18-5-6-20-13-21(8-7-19(20)12-18)31-25-10-9-22(14-24(25)26)30-23-4-3-11-27-15-23/h3-16H,1-2H3,(H,28,29). The highest BCUT2D eigenvalue weighted by atomic mass is 35.5. The molecule has 0 aliphatic rings. The molecule has 0 aliphatic heterocycles. The van der Waals surface area contributed by atoms with Gasteiger partial charge in [-0.25, -0.2) is 0 Å². The number of halogens is 1. The predicted molar refractivity (Wildman–Crippen MR) is 122 cm³/mol. The van der Waals surface area contributed by atoms with Crippen molar-refractivity contribution in [1.29, 1.82) is 0 Å². The molecule has 1 unspecified atom stereocenters. The molecule has 156 valence electrons. The van der Waals surface area contributed by atoms with Crippen LogP contribution in [0.4, 0.5) is 0 Å². The summed E-state index contributed by atoms with van der Waals surface area (Å²) in [6.45, 7) is 3.48. The van der Waals surface area contributed by atoms with Gasteiger partial charge in [0.25, 0.3) is 0 Å². The number of hydrogen-bond acceptors (Lipinski definition) is 4. The quantitative estimate of drug-likeness (QED) is 0.369. The van der Waals surface area contributed by atoms with Crippen LogP contribution in [-0.4, -0.2) is 10.9 Å². The number of ether oxygens (including phenoxy) is 2. The van der Waals surface area contributed by atoms with Crippen LogP contribution in [0.25, 0.3) is 10.8 Å². The van der Waals surface area contributed by atoms with Crippen molar-refractivity contribution >= 4 is 28.3 Å². The lowest BCUT2D eigenvalue weighted by molar-refractivity contribution is -0.119. The number of rotatable bonds is 6. The molecule has 1 atom stereocenters. The molecule has 4 rings (SSSR count). The lowest BCUT2D eigenvalue weighted by Crippen LogP contribution is -2.23. The minimum absolute atomic E-state index is 0.0509. The van der Waals surface area contributed by atoms with Gasteiger partial charge in [-0.15, -0.1) is 0 Å².